The Kier molecular flexibility index (Phi) is 7.13. The standard InChI is InChI=1S/C23H30N2O5/c1-14-6-5-7-21(15(14)2)24-22(26)13-29-23(27)18-8-10-19(11-9-18)28-12-20-16(3)25-30-17(20)4/h8-11,14-15,21H,5-7,12-13H2,1-4H3,(H,24,26)/t14-,15-,21-/m0/s1. The maximum atomic E-state index is 12.2. The van der Waals surface area contributed by atoms with Crippen molar-refractivity contribution in [3.8, 4) is 5.75 Å². The number of aromatic nitrogens is 1. The number of nitrogens with zero attached hydrogens (tertiary/aromatic N) is 1. The molecule has 0 bridgehead atoms. The van der Waals surface area contributed by atoms with Gasteiger partial charge in [0.2, 0.25) is 0 Å². The molecule has 3 rings (SSSR count). The van der Waals surface area contributed by atoms with Crippen molar-refractivity contribution in [1.82, 2.24) is 10.5 Å². The Bertz CT molecular complexity index is 855. The molecule has 1 aliphatic carbocycles. The van der Waals surface area contributed by atoms with Crippen molar-refractivity contribution in [1.29, 1.82) is 0 Å². The van der Waals surface area contributed by atoms with Crippen LogP contribution in [-0.4, -0.2) is 29.7 Å². The van der Waals surface area contributed by atoms with Crippen molar-refractivity contribution < 1.29 is 23.6 Å². The van der Waals surface area contributed by atoms with Gasteiger partial charge in [-0.3, -0.25) is 4.79 Å². The molecule has 1 N–H and O–H groups in total. The number of nitrogens with one attached hydrogen (secondary N) is 1. The molecule has 0 unspecified atom stereocenters. The van der Waals surface area contributed by atoms with E-state index >= 15 is 0 Å². The summed E-state index contributed by atoms with van der Waals surface area (Å²) in [7, 11) is 0. The zero-order valence-corrected chi connectivity index (χ0v) is 18.1. The number of carbonyl (C=O) groups is 2. The molecular formula is C23H30N2O5. The number of rotatable bonds is 7. The van der Waals surface area contributed by atoms with Gasteiger partial charge >= 0.3 is 5.97 Å². The molecule has 0 spiro atoms. The van der Waals surface area contributed by atoms with Crippen molar-refractivity contribution >= 4 is 11.9 Å². The van der Waals surface area contributed by atoms with E-state index in [1.54, 1.807) is 24.3 Å². The summed E-state index contributed by atoms with van der Waals surface area (Å²) in [5.41, 5.74) is 2.07. The first-order chi connectivity index (χ1) is 14.3. The van der Waals surface area contributed by atoms with Gasteiger partial charge in [-0.05, 0) is 56.4 Å². The molecule has 1 aromatic carbocycles. The van der Waals surface area contributed by atoms with Gasteiger partial charge in [-0.25, -0.2) is 4.79 Å². The topological polar surface area (TPSA) is 90.7 Å². The summed E-state index contributed by atoms with van der Waals surface area (Å²) in [6.07, 6.45) is 3.28. The van der Waals surface area contributed by atoms with Crippen molar-refractivity contribution in [2.24, 2.45) is 11.8 Å². The fourth-order valence-corrected chi connectivity index (χ4v) is 3.80. The van der Waals surface area contributed by atoms with Gasteiger partial charge in [0.25, 0.3) is 5.91 Å². The molecule has 2 aromatic rings. The number of aryl methyl sites for hydroxylation is 2. The van der Waals surface area contributed by atoms with Gasteiger partial charge in [-0.15, -0.1) is 0 Å². The minimum atomic E-state index is -0.535. The first-order valence-corrected chi connectivity index (χ1v) is 10.5. The molecule has 162 valence electrons. The normalized spacial score (nSPS) is 21.1. The molecular weight excluding hydrogens is 384 g/mol. The second-order valence-electron chi connectivity index (χ2n) is 8.13. The number of hydrogen-bond donors (Lipinski definition) is 1. The van der Waals surface area contributed by atoms with Crippen LogP contribution in [0.2, 0.25) is 0 Å². The van der Waals surface area contributed by atoms with E-state index in [9.17, 15) is 9.59 Å². The minimum Gasteiger partial charge on any atom is -0.489 e. The summed E-state index contributed by atoms with van der Waals surface area (Å²) in [6, 6.07) is 6.77. The number of ether oxygens (including phenoxy) is 2. The van der Waals surface area contributed by atoms with Gasteiger partial charge in [0.1, 0.15) is 18.1 Å². The fraction of sp³-hybridized carbons (Fsp3) is 0.522. The number of benzene rings is 1. The van der Waals surface area contributed by atoms with E-state index in [0.717, 1.165) is 29.9 Å². The largest absolute Gasteiger partial charge is 0.489 e. The van der Waals surface area contributed by atoms with E-state index in [1.807, 2.05) is 13.8 Å². The number of carbonyl (C=O) groups excluding carboxylic acids is 2. The highest BCUT2D eigenvalue weighted by Crippen LogP contribution is 2.29. The van der Waals surface area contributed by atoms with E-state index < -0.39 is 5.97 Å². The van der Waals surface area contributed by atoms with Crippen LogP contribution in [0, 0.1) is 25.7 Å². The quantitative estimate of drug-likeness (QED) is 0.690. The Morgan fingerprint density at radius 2 is 1.90 bits per heavy atom. The van der Waals surface area contributed by atoms with E-state index in [2.05, 4.69) is 24.3 Å². The highest BCUT2D eigenvalue weighted by molar-refractivity contribution is 5.91. The van der Waals surface area contributed by atoms with Crippen LogP contribution in [0.5, 0.6) is 5.75 Å². The van der Waals surface area contributed by atoms with Crippen molar-refractivity contribution in [2.75, 3.05) is 6.61 Å². The van der Waals surface area contributed by atoms with Crippen LogP contribution in [0.25, 0.3) is 0 Å². The molecule has 0 aliphatic heterocycles. The van der Waals surface area contributed by atoms with Crippen LogP contribution in [0.15, 0.2) is 28.8 Å². The maximum Gasteiger partial charge on any atom is 0.338 e. The third-order valence-corrected chi connectivity index (χ3v) is 6.04. The average molecular weight is 415 g/mol. The summed E-state index contributed by atoms with van der Waals surface area (Å²) in [4.78, 5) is 24.4. The molecule has 7 heteroatoms. The number of hydrogen-bond acceptors (Lipinski definition) is 6. The highest BCUT2D eigenvalue weighted by atomic mass is 16.5. The van der Waals surface area contributed by atoms with Gasteiger partial charge in [0, 0.05) is 6.04 Å². The molecule has 7 nitrogen and oxygen atoms in total. The monoisotopic (exact) mass is 414 g/mol. The lowest BCUT2D eigenvalue weighted by Gasteiger charge is -2.34. The first-order valence-electron chi connectivity index (χ1n) is 10.5. The Hall–Kier alpha value is -2.83. The molecule has 1 fully saturated rings. The van der Waals surface area contributed by atoms with E-state index in [1.165, 1.54) is 6.42 Å². The third-order valence-electron chi connectivity index (χ3n) is 6.04. The van der Waals surface area contributed by atoms with Crippen LogP contribution in [0.1, 0.15) is 60.5 Å². The summed E-state index contributed by atoms with van der Waals surface area (Å²) in [5.74, 6) is 1.57. The molecule has 3 atom stereocenters. The zero-order chi connectivity index (χ0) is 21.7. The zero-order valence-electron chi connectivity index (χ0n) is 18.1. The highest BCUT2D eigenvalue weighted by Gasteiger charge is 2.28. The molecule has 30 heavy (non-hydrogen) atoms. The molecule has 1 amide bonds. The molecule has 1 aliphatic rings. The van der Waals surface area contributed by atoms with Crippen LogP contribution in [0.3, 0.4) is 0 Å². The van der Waals surface area contributed by atoms with Crippen molar-refractivity contribution in [2.45, 2.75) is 59.6 Å². The van der Waals surface area contributed by atoms with Crippen LogP contribution < -0.4 is 10.1 Å². The van der Waals surface area contributed by atoms with Crippen LogP contribution >= 0.6 is 0 Å². The summed E-state index contributed by atoms with van der Waals surface area (Å²) in [6.45, 7) is 8.13. The predicted molar refractivity (Wildman–Crippen MR) is 111 cm³/mol. The van der Waals surface area contributed by atoms with Gasteiger partial charge < -0.3 is 19.3 Å². The summed E-state index contributed by atoms with van der Waals surface area (Å²) < 4.78 is 16.0. The Balaban J connectivity index is 1.45. The average Bonchev–Trinajstić information content (AvgIpc) is 3.06. The number of amides is 1. The number of esters is 1. The van der Waals surface area contributed by atoms with Gasteiger partial charge in [-0.2, -0.15) is 0 Å². The van der Waals surface area contributed by atoms with Crippen LogP contribution in [-0.2, 0) is 16.1 Å². The lowest BCUT2D eigenvalue weighted by atomic mass is 9.78. The predicted octanol–water partition coefficient (Wildman–Crippen LogP) is 3.97. The smallest absolute Gasteiger partial charge is 0.338 e. The first kappa shape index (κ1) is 21.9. The molecule has 1 saturated carbocycles. The van der Waals surface area contributed by atoms with E-state index in [-0.39, 0.29) is 18.6 Å². The lowest BCUT2D eigenvalue weighted by molar-refractivity contribution is -0.125. The molecule has 0 saturated heterocycles. The summed E-state index contributed by atoms with van der Waals surface area (Å²) >= 11 is 0. The summed E-state index contributed by atoms with van der Waals surface area (Å²) in [5, 5.41) is 6.90. The van der Waals surface area contributed by atoms with Gasteiger partial charge in [-0.1, -0.05) is 31.8 Å². The van der Waals surface area contributed by atoms with Crippen molar-refractivity contribution in [3.05, 3.63) is 46.8 Å². The second-order valence-corrected chi connectivity index (χ2v) is 8.13. The lowest BCUT2D eigenvalue weighted by Crippen LogP contribution is -2.45. The van der Waals surface area contributed by atoms with E-state index in [0.29, 0.717) is 29.8 Å². The Morgan fingerprint density at radius 1 is 1.17 bits per heavy atom. The Morgan fingerprint density at radius 3 is 2.57 bits per heavy atom. The molecule has 1 aromatic heterocycles. The van der Waals surface area contributed by atoms with Crippen LogP contribution in [0.4, 0.5) is 0 Å². The minimum absolute atomic E-state index is 0.147. The third kappa shape index (κ3) is 5.40. The Labute approximate surface area is 177 Å². The van der Waals surface area contributed by atoms with Gasteiger partial charge in [0.05, 0.1) is 16.8 Å². The molecule has 0 radical (unpaired) electrons. The van der Waals surface area contributed by atoms with Gasteiger partial charge in [0.15, 0.2) is 6.61 Å². The second kappa shape index (κ2) is 9.78. The fourth-order valence-electron chi connectivity index (χ4n) is 3.80. The molecule has 1 heterocycles. The van der Waals surface area contributed by atoms with E-state index in [4.69, 9.17) is 14.0 Å². The van der Waals surface area contributed by atoms with Crippen molar-refractivity contribution in [3.63, 3.8) is 0 Å². The maximum absolute atomic E-state index is 12.2. The SMILES string of the molecule is Cc1noc(C)c1COc1ccc(C(=O)OCC(=O)N[C@H]2CCC[C@H](C)[C@@H]2C)cc1.